The molecule has 0 aromatic heterocycles. The average Bonchev–Trinajstić information content (AvgIpc) is 2.82. The maximum atomic E-state index is 5.61. The van der Waals surface area contributed by atoms with E-state index in [1.54, 1.807) is 7.11 Å². The fourth-order valence-electron chi connectivity index (χ4n) is 2.20. The van der Waals surface area contributed by atoms with E-state index in [1.807, 2.05) is 6.07 Å². The van der Waals surface area contributed by atoms with Gasteiger partial charge in [0, 0.05) is 26.2 Å². The molecular weight excluding hydrogens is 216 g/mol. The Hall–Kier alpha value is -1.10. The summed E-state index contributed by atoms with van der Waals surface area (Å²) in [5.74, 6) is 6.63. The molecule has 1 aliphatic heterocycles. The van der Waals surface area contributed by atoms with Crippen molar-refractivity contribution in [3.05, 3.63) is 29.3 Å². The summed E-state index contributed by atoms with van der Waals surface area (Å²) in [6.45, 7) is 1.56. The lowest BCUT2D eigenvalue weighted by molar-refractivity contribution is 0.189. The molecule has 94 valence electrons. The van der Waals surface area contributed by atoms with E-state index in [1.165, 1.54) is 11.1 Å². The molecule has 2 rings (SSSR count). The van der Waals surface area contributed by atoms with Crippen LogP contribution in [-0.4, -0.2) is 20.3 Å². The largest absolute Gasteiger partial charge is 0.493 e. The monoisotopic (exact) mass is 236 g/mol. The summed E-state index contributed by atoms with van der Waals surface area (Å²) in [5, 5.41) is 0. The van der Waals surface area contributed by atoms with E-state index in [0.717, 1.165) is 38.2 Å². The minimum atomic E-state index is 0.191. The number of hydrogen-bond donors (Lipinski definition) is 2. The van der Waals surface area contributed by atoms with Gasteiger partial charge >= 0.3 is 0 Å². The summed E-state index contributed by atoms with van der Waals surface area (Å²) in [7, 11) is 1.72. The molecule has 1 aromatic carbocycles. The Bertz CT molecular complexity index is 368. The molecule has 3 N–H and O–H groups in total. The minimum absolute atomic E-state index is 0.191. The fourth-order valence-corrected chi connectivity index (χ4v) is 2.20. The van der Waals surface area contributed by atoms with Crippen molar-refractivity contribution in [1.29, 1.82) is 0 Å². The second-order valence-electron chi connectivity index (χ2n) is 4.32. The molecule has 4 heteroatoms. The van der Waals surface area contributed by atoms with Crippen LogP contribution >= 0.6 is 0 Å². The molecule has 1 heterocycles. The van der Waals surface area contributed by atoms with E-state index in [9.17, 15) is 0 Å². The molecule has 0 saturated carbocycles. The topological polar surface area (TPSA) is 56.5 Å². The van der Waals surface area contributed by atoms with Crippen LogP contribution in [0.1, 0.15) is 30.0 Å². The van der Waals surface area contributed by atoms with Crippen LogP contribution in [-0.2, 0) is 11.2 Å². The van der Waals surface area contributed by atoms with E-state index in [0.29, 0.717) is 0 Å². The highest BCUT2D eigenvalue weighted by atomic mass is 16.5. The predicted molar refractivity (Wildman–Crippen MR) is 66.8 cm³/mol. The van der Waals surface area contributed by atoms with Crippen molar-refractivity contribution >= 4 is 0 Å². The van der Waals surface area contributed by atoms with Crippen molar-refractivity contribution < 1.29 is 9.47 Å². The van der Waals surface area contributed by atoms with Crippen molar-refractivity contribution in [2.45, 2.75) is 25.3 Å². The number of methoxy groups -OCH3 is 1. The summed E-state index contributed by atoms with van der Waals surface area (Å²) in [5.41, 5.74) is 5.39. The maximum absolute atomic E-state index is 5.61. The maximum Gasteiger partial charge on any atom is 0.122 e. The van der Waals surface area contributed by atoms with E-state index >= 15 is 0 Å². The van der Waals surface area contributed by atoms with Gasteiger partial charge in [-0.3, -0.25) is 11.3 Å². The summed E-state index contributed by atoms with van der Waals surface area (Å²) in [6, 6.07) is 6.51. The van der Waals surface area contributed by atoms with Gasteiger partial charge < -0.3 is 9.47 Å². The van der Waals surface area contributed by atoms with Crippen LogP contribution in [0.4, 0.5) is 0 Å². The summed E-state index contributed by atoms with van der Waals surface area (Å²) in [6.07, 6.45) is 2.97. The smallest absolute Gasteiger partial charge is 0.122 e. The number of hydrogen-bond acceptors (Lipinski definition) is 4. The number of nitrogens with one attached hydrogen (secondary N) is 1. The molecule has 1 atom stereocenters. The summed E-state index contributed by atoms with van der Waals surface area (Å²) < 4.78 is 10.6. The van der Waals surface area contributed by atoms with Crippen molar-refractivity contribution in [2.24, 2.45) is 5.84 Å². The molecule has 0 fully saturated rings. The molecule has 0 amide bonds. The van der Waals surface area contributed by atoms with E-state index in [2.05, 4.69) is 17.6 Å². The van der Waals surface area contributed by atoms with E-state index in [4.69, 9.17) is 15.3 Å². The van der Waals surface area contributed by atoms with Gasteiger partial charge in [0.25, 0.3) is 0 Å². The number of fused-ring (bicyclic) bond motifs is 1. The highest BCUT2D eigenvalue weighted by Gasteiger charge is 2.15. The Kier molecular flexibility index (Phi) is 4.36. The second kappa shape index (κ2) is 6.00. The van der Waals surface area contributed by atoms with Gasteiger partial charge in [-0.15, -0.1) is 0 Å². The number of nitrogens with two attached hydrogens (primary N) is 1. The Balaban J connectivity index is 2.03. The molecule has 0 spiro atoms. The van der Waals surface area contributed by atoms with Gasteiger partial charge in [0.15, 0.2) is 0 Å². The van der Waals surface area contributed by atoms with Crippen molar-refractivity contribution in [1.82, 2.24) is 5.43 Å². The normalized spacial score (nSPS) is 15.4. The average molecular weight is 236 g/mol. The number of rotatable bonds is 6. The first-order valence-corrected chi connectivity index (χ1v) is 6.06. The van der Waals surface area contributed by atoms with Crippen LogP contribution in [0.2, 0.25) is 0 Å². The van der Waals surface area contributed by atoms with Crippen molar-refractivity contribution in [3.8, 4) is 5.75 Å². The highest BCUT2D eigenvalue weighted by molar-refractivity contribution is 5.40. The molecule has 1 unspecified atom stereocenters. The first kappa shape index (κ1) is 12.4. The van der Waals surface area contributed by atoms with Gasteiger partial charge in [-0.25, -0.2) is 0 Å². The fraction of sp³-hybridized carbons (Fsp3) is 0.538. The minimum Gasteiger partial charge on any atom is -0.493 e. The Morgan fingerprint density at radius 2 is 2.41 bits per heavy atom. The van der Waals surface area contributed by atoms with Gasteiger partial charge in [0.05, 0.1) is 6.61 Å². The molecule has 4 nitrogen and oxygen atoms in total. The lowest BCUT2D eigenvalue weighted by Gasteiger charge is -2.16. The van der Waals surface area contributed by atoms with Gasteiger partial charge in [-0.1, -0.05) is 12.1 Å². The first-order chi connectivity index (χ1) is 8.35. The van der Waals surface area contributed by atoms with Crippen LogP contribution in [0.25, 0.3) is 0 Å². The Morgan fingerprint density at radius 1 is 1.53 bits per heavy atom. The summed E-state index contributed by atoms with van der Waals surface area (Å²) in [4.78, 5) is 0. The molecule has 0 saturated heterocycles. The third-order valence-electron chi connectivity index (χ3n) is 3.16. The molecular formula is C13H20N2O2. The molecule has 1 aliphatic rings. The molecule has 0 radical (unpaired) electrons. The van der Waals surface area contributed by atoms with Crippen LogP contribution in [0.15, 0.2) is 18.2 Å². The van der Waals surface area contributed by atoms with Gasteiger partial charge in [0.2, 0.25) is 0 Å². The number of benzene rings is 1. The predicted octanol–water partition coefficient (Wildman–Crippen LogP) is 1.55. The van der Waals surface area contributed by atoms with Crippen LogP contribution in [0, 0.1) is 0 Å². The zero-order valence-corrected chi connectivity index (χ0v) is 10.2. The zero-order chi connectivity index (χ0) is 12.1. The molecule has 0 aliphatic carbocycles. The molecule has 1 aromatic rings. The standard InChI is InChI=1S/C13H20N2O2/c1-16-7-2-3-12(15-14)10-4-5-13-11(9-10)6-8-17-13/h4-5,9,12,15H,2-3,6-8,14H2,1H3. The van der Waals surface area contributed by atoms with Crippen molar-refractivity contribution in [3.63, 3.8) is 0 Å². The third-order valence-corrected chi connectivity index (χ3v) is 3.16. The third kappa shape index (κ3) is 2.97. The molecule has 0 bridgehead atoms. The lowest BCUT2D eigenvalue weighted by Crippen LogP contribution is -2.28. The number of hydrazine groups is 1. The quantitative estimate of drug-likeness (QED) is 0.447. The first-order valence-electron chi connectivity index (χ1n) is 6.06. The SMILES string of the molecule is COCCCC(NN)c1ccc2c(c1)CCO2. The van der Waals surface area contributed by atoms with Gasteiger partial charge in [-0.05, 0) is 30.0 Å². The summed E-state index contributed by atoms with van der Waals surface area (Å²) >= 11 is 0. The lowest BCUT2D eigenvalue weighted by atomic mass is 9.99. The van der Waals surface area contributed by atoms with Gasteiger partial charge in [-0.2, -0.15) is 0 Å². The number of ether oxygens (including phenoxy) is 2. The van der Waals surface area contributed by atoms with Crippen LogP contribution in [0.5, 0.6) is 5.75 Å². The Morgan fingerprint density at radius 3 is 3.18 bits per heavy atom. The molecule has 17 heavy (non-hydrogen) atoms. The van der Waals surface area contributed by atoms with E-state index in [-0.39, 0.29) is 6.04 Å². The van der Waals surface area contributed by atoms with Crippen LogP contribution in [0.3, 0.4) is 0 Å². The zero-order valence-electron chi connectivity index (χ0n) is 10.2. The van der Waals surface area contributed by atoms with Gasteiger partial charge in [0.1, 0.15) is 5.75 Å². The van der Waals surface area contributed by atoms with E-state index < -0.39 is 0 Å². The second-order valence-corrected chi connectivity index (χ2v) is 4.32. The highest BCUT2D eigenvalue weighted by Crippen LogP contribution is 2.29. The van der Waals surface area contributed by atoms with Crippen molar-refractivity contribution in [2.75, 3.05) is 20.3 Å². The Labute approximate surface area is 102 Å². The van der Waals surface area contributed by atoms with Crippen LogP contribution < -0.4 is 16.0 Å².